The van der Waals surface area contributed by atoms with Crippen molar-refractivity contribution >= 4 is 34.1 Å². The number of rotatable bonds is 7. The molecular formula is C28H26N4. The van der Waals surface area contributed by atoms with Crippen LogP contribution in [0.1, 0.15) is 11.1 Å². The summed E-state index contributed by atoms with van der Waals surface area (Å²) in [6, 6.07) is 31.7. The number of benzene rings is 4. The third-order valence-electron chi connectivity index (χ3n) is 5.26. The van der Waals surface area contributed by atoms with Crippen LogP contribution < -0.4 is 22.1 Å². The summed E-state index contributed by atoms with van der Waals surface area (Å²) in [6.07, 6.45) is 0. The maximum absolute atomic E-state index is 6.23. The molecule has 4 rings (SSSR count). The fraction of sp³-hybridized carbons (Fsp3) is 0. The highest BCUT2D eigenvalue weighted by Crippen LogP contribution is 2.33. The number of hydrogen-bond acceptors (Lipinski definition) is 4. The SMILES string of the molecule is C=C(Nc1cc(-c2ccc(N)c(NC(=C)c3ccccc3)c2)ccc1N)c1ccccc1. The van der Waals surface area contributed by atoms with Crippen molar-refractivity contribution in [2.45, 2.75) is 0 Å². The van der Waals surface area contributed by atoms with Crippen molar-refractivity contribution in [3.05, 3.63) is 121 Å². The van der Waals surface area contributed by atoms with E-state index in [2.05, 4.69) is 23.8 Å². The summed E-state index contributed by atoms with van der Waals surface area (Å²) in [6.45, 7) is 8.30. The molecule has 0 aliphatic carbocycles. The van der Waals surface area contributed by atoms with Crippen molar-refractivity contribution in [3.63, 3.8) is 0 Å². The highest BCUT2D eigenvalue weighted by atomic mass is 14.9. The van der Waals surface area contributed by atoms with Crippen LogP contribution >= 0.6 is 0 Å². The van der Waals surface area contributed by atoms with Crippen LogP contribution in [0.2, 0.25) is 0 Å². The number of nitrogen functional groups attached to an aromatic ring is 2. The lowest BCUT2D eigenvalue weighted by Crippen LogP contribution is -2.02. The average Bonchev–Trinajstić information content (AvgIpc) is 2.83. The first kappa shape index (κ1) is 20.8. The molecule has 0 fully saturated rings. The Labute approximate surface area is 188 Å². The van der Waals surface area contributed by atoms with E-state index in [4.69, 9.17) is 11.5 Å². The van der Waals surface area contributed by atoms with Gasteiger partial charge in [-0.1, -0.05) is 86.0 Å². The van der Waals surface area contributed by atoms with Crippen LogP contribution in [-0.2, 0) is 0 Å². The minimum atomic E-state index is 0.650. The summed E-state index contributed by atoms with van der Waals surface area (Å²) in [5.74, 6) is 0. The molecule has 0 saturated heterocycles. The molecule has 0 bridgehead atoms. The number of hydrogen-bond donors (Lipinski definition) is 4. The van der Waals surface area contributed by atoms with Gasteiger partial charge in [-0.25, -0.2) is 0 Å². The molecule has 0 atom stereocenters. The van der Waals surface area contributed by atoms with Crippen molar-refractivity contribution < 1.29 is 0 Å². The second-order valence-corrected chi connectivity index (χ2v) is 7.54. The van der Waals surface area contributed by atoms with Gasteiger partial charge in [0, 0.05) is 11.4 Å². The molecule has 0 saturated carbocycles. The van der Waals surface area contributed by atoms with E-state index in [1.54, 1.807) is 0 Å². The molecule has 158 valence electrons. The van der Waals surface area contributed by atoms with E-state index in [-0.39, 0.29) is 0 Å². The topological polar surface area (TPSA) is 76.1 Å². The monoisotopic (exact) mass is 418 g/mol. The maximum atomic E-state index is 6.23. The fourth-order valence-electron chi connectivity index (χ4n) is 3.44. The molecule has 0 spiro atoms. The molecule has 4 aromatic rings. The Kier molecular flexibility index (Phi) is 5.95. The average molecular weight is 419 g/mol. The second-order valence-electron chi connectivity index (χ2n) is 7.54. The van der Waals surface area contributed by atoms with Crippen LogP contribution in [0.4, 0.5) is 22.7 Å². The van der Waals surface area contributed by atoms with Crippen molar-refractivity contribution in [3.8, 4) is 11.1 Å². The van der Waals surface area contributed by atoms with Crippen molar-refractivity contribution in [1.82, 2.24) is 0 Å². The number of nitrogens with one attached hydrogen (secondary N) is 2. The standard InChI is InChI=1S/C28H26N4/c1-19(21-9-5-3-6-10-21)31-27-17-23(13-15-25(27)29)24-14-16-26(30)28(18-24)32-20(2)22-11-7-4-8-12-22/h3-18,31-32H,1-2,29-30H2. The Morgan fingerprint density at radius 3 is 1.28 bits per heavy atom. The molecule has 32 heavy (non-hydrogen) atoms. The minimum absolute atomic E-state index is 0.650. The third-order valence-corrected chi connectivity index (χ3v) is 5.26. The summed E-state index contributed by atoms with van der Waals surface area (Å²) >= 11 is 0. The van der Waals surface area contributed by atoms with Gasteiger partial charge in [-0.3, -0.25) is 0 Å². The van der Waals surface area contributed by atoms with Gasteiger partial charge in [0.1, 0.15) is 0 Å². The second kappa shape index (κ2) is 9.14. The lowest BCUT2D eigenvalue weighted by Gasteiger charge is -2.16. The zero-order chi connectivity index (χ0) is 22.5. The predicted octanol–water partition coefficient (Wildman–Crippen LogP) is 6.68. The van der Waals surface area contributed by atoms with E-state index < -0.39 is 0 Å². The molecule has 0 unspecified atom stereocenters. The van der Waals surface area contributed by atoms with Gasteiger partial charge in [-0.2, -0.15) is 0 Å². The lowest BCUT2D eigenvalue weighted by molar-refractivity contribution is 1.52. The first-order valence-corrected chi connectivity index (χ1v) is 10.3. The van der Waals surface area contributed by atoms with Crippen LogP contribution in [0.25, 0.3) is 22.5 Å². The Hall–Kier alpha value is -4.44. The molecule has 6 N–H and O–H groups in total. The van der Waals surface area contributed by atoms with E-state index in [9.17, 15) is 0 Å². The van der Waals surface area contributed by atoms with E-state index in [1.807, 2.05) is 97.1 Å². The summed E-state index contributed by atoms with van der Waals surface area (Å²) in [4.78, 5) is 0. The van der Waals surface area contributed by atoms with Gasteiger partial charge in [-0.15, -0.1) is 0 Å². The van der Waals surface area contributed by atoms with Gasteiger partial charge in [0.05, 0.1) is 22.7 Å². The zero-order valence-electron chi connectivity index (χ0n) is 17.8. The summed E-state index contributed by atoms with van der Waals surface area (Å²) in [5.41, 5.74) is 21.0. The molecule has 0 heterocycles. The molecule has 0 amide bonds. The van der Waals surface area contributed by atoms with E-state index in [0.717, 1.165) is 45.0 Å². The lowest BCUT2D eigenvalue weighted by atomic mass is 10.0. The van der Waals surface area contributed by atoms with Crippen LogP contribution in [0.15, 0.2) is 110 Å². The van der Waals surface area contributed by atoms with Gasteiger partial charge < -0.3 is 22.1 Å². The smallest absolute Gasteiger partial charge is 0.0624 e. The van der Waals surface area contributed by atoms with Crippen molar-refractivity contribution in [2.24, 2.45) is 0 Å². The summed E-state index contributed by atoms with van der Waals surface area (Å²) in [7, 11) is 0. The summed E-state index contributed by atoms with van der Waals surface area (Å²) in [5, 5.41) is 6.68. The van der Waals surface area contributed by atoms with Crippen LogP contribution in [0, 0.1) is 0 Å². The quantitative estimate of drug-likeness (QED) is 0.252. The Bertz CT molecular complexity index is 1160. The third kappa shape index (κ3) is 4.65. The Morgan fingerprint density at radius 1 is 0.531 bits per heavy atom. The maximum Gasteiger partial charge on any atom is 0.0624 e. The van der Waals surface area contributed by atoms with Crippen LogP contribution in [0.5, 0.6) is 0 Å². The van der Waals surface area contributed by atoms with Gasteiger partial charge in [0.15, 0.2) is 0 Å². The van der Waals surface area contributed by atoms with Crippen LogP contribution in [-0.4, -0.2) is 0 Å². The first-order valence-electron chi connectivity index (χ1n) is 10.3. The molecule has 0 aliphatic heterocycles. The van der Waals surface area contributed by atoms with Crippen LogP contribution in [0.3, 0.4) is 0 Å². The van der Waals surface area contributed by atoms with E-state index in [1.165, 1.54) is 0 Å². The Morgan fingerprint density at radius 2 is 0.906 bits per heavy atom. The summed E-state index contributed by atoms with van der Waals surface area (Å²) < 4.78 is 0. The van der Waals surface area contributed by atoms with Crippen molar-refractivity contribution in [2.75, 3.05) is 22.1 Å². The predicted molar refractivity (Wildman–Crippen MR) is 139 cm³/mol. The van der Waals surface area contributed by atoms with E-state index >= 15 is 0 Å². The van der Waals surface area contributed by atoms with E-state index in [0.29, 0.717) is 11.4 Å². The first-order chi connectivity index (χ1) is 15.5. The molecular weight excluding hydrogens is 392 g/mol. The molecule has 0 aromatic heterocycles. The number of anilines is 4. The minimum Gasteiger partial charge on any atom is -0.397 e. The molecule has 4 aromatic carbocycles. The molecule has 0 aliphatic rings. The normalized spacial score (nSPS) is 10.4. The fourth-order valence-corrected chi connectivity index (χ4v) is 3.44. The van der Waals surface area contributed by atoms with Gasteiger partial charge in [0.25, 0.3) is 0 Å². The van der Waals surface area contributed by atoms with Gasteiger partial charge in [0.2, 0.25) is 0 Å². The highest BCUT2D eigenvalue weighted by Gasteiger charge is 2.09. The molecule has 4 nitrogen and oxygen atoms in total. The largest absolute Gasteiger partial charge is 0.397 e. The molecule has 0 radical (unpaired) electrons. The van der Waals surface area contributed by atoms with Gasteiger partial charge >= 0.3 is 0 Å². The number of nitrogens with two attached hydrogens (primary N) is 2. The molecule has 4 heteroatoms. The highest BCUT2D eigenvalue weighted by molar-refractivity contribution is 5.87. The van der Waals surface area contributed by atoms with Crippen molar-refractivity contribution in [1.29, 1.82) is 0 Å². The zero-order valence-corrected chi connectivity index (χ0v) is 17.8. The Balaban J connectivity index is 1.60. The van der Waals surface area contributed by atoms with Gasteiger partial charge in [-0.05, 0) is 46.5 Å².